The Morgan fingerprint density at radius 2 is 1.74 bits per heavy atom. The molecule has 0 spiro atoms. The molecule has 3 aliphatic heterocycles. The summed E-state index contributed by atoms with van der Waals surface area (Å²) in [6.07, 6.45) is 3.18. The molecule has 3 aliphatic rings. The zero-order valence-electron chi connectivity index (χ0n) is 20.7. The van der Waals surface area contributed by atoms with Gasteiger partial charge in [0.15, 0.2) is 0 Å². The van der Waals surface area contributed by atoms with Gasteiger partial charge in [0, 0.05) is 39.3 Å². The molecular formula is C27H35N5O3. The van der Waals surface area contributed by atoms with Crippen LogP contribution in [0, 0.1) is 31.6 Å². The average molecular weight is 478 g/mol. The molecule has 4 heterocycles. The average Bonchev–Trinajstić information content (AvgIpc) is 3.59. The highest BCUT2D eigenvalue weighted by molar-refractivity contribution is 5.96. The van der Waals surface area contributed by atoms with Crippen LogP contribution in [0.4, 0.5) is 0 Å². The number of hydrogen-bond acceptors (Lipinski definition) is 6. The van der Waals surface area contributed by atoms with Gasteiger partial charge in [-0.3, -0.25) is 9.59 Å². The predicted molar refractivity (Wildman–Crippen MR) is 132 cm³/mol. The second kappa shape index (κ2) is 10.4. The first-order chi connectivity index (χ1) is 17.0. The molecule has 2 amide bonds. The van der Waals surface area contributed by atoms with E-state index in [0.29, 0.717) is 30.6 Å². The number of carbonyl (C=O) groups excluding carboxylic acids is 2. The monoisotopic (exact) mass is 477 g/mol. The lowest BCUT2D eigenvalue weighted by molar-refractivity contribution is -0.125. The minimum absolute atomic E-state index is 0.00755. The number of likely N-dealkylation sites (tertiary alicyclic amines) is 2. The van der Waals surface area contributed by atoms with Gasteiger partial charge < -0.3 is 19.9 Å². The Morgan fingerprint density at radius 1 is 1.06 bits per heavy atom. The van der Waals surface area contributed by atoms with Gasteiger partial charge in [0.25, 0.3) is 5.91 Å². The Morgan fingerprint density at radius 3 is 2.37 bits per heavy atom. The lowest BCUT2D eigenvalue weighted by atomic mass is 10.0. The third kappa shape index (κ3) is 5.23. The van der Waals surface area contributed by atoms with Crippen LogP contribution in [0.15, 0.2) is 36.7 Å². The van der Waals surface area contributed by atoms with E-state index in [2.05, 4.69) is 32.3 Å². The maximum Gasteiger partial charge on any atom is 0.257 e. The molecule has 1 N–H and O–H groups in total. The number of hydrogen-bond donors (Lipinski definition) is 1. The van der Waals surface area contributed by atoms with Gasteiger partial charge in [0.05, 0.1) is 35.5 Å². The molecule has 2 unspecified atom stereocenters. The molecule has 35 heavy (non-hydrogen) atoms. The summed E-state index contributed by atoms with van der Waals surface area (Å²) in [5.74, 6) is 1.09. The summed E-state index contributed by atoms with van der Waals surface area (Å²) in [6.45, 7) is 9.42. The highest BCUT2D eigenvalue weighted by Crippen LogP contribution is 2.33. The van der Waals surface area contributed by atoms with Crippen LogP contribution in [-0.4, -0.2) is 77.5 Å². The van der Waals surface area contributed by atoms with Gasteiger partial charge in [0.2, 0.25) is 5.91 Å². The highest BCUT2D eigenvalue weighted by Gasteiger charge is 2.42. The predicted octanol–water partition coefficient (Wildman–Crippen LogP) is 2.38. The van der Waals surface area contributed by atoms with Gasteiger partial charge >= 0.3 is 0 Å². The van der Waals surface area contributed by atoms with Crippen molar-refractivity contribution in [3.63, 3.8) is 0 Å². The third-order valence-corrected chi connectivity index (χ3v) is 7.84. The van der Waals surface area contributed by atoms with Crippen molar-refractivity contribution >= 4 is 11.8 Å². The molecule has 0 aliphatic carbocycles. The first kappa shape index (κ1) is 23.9. The lowest BCUT2D eigenvalue weighted by Gasteiger charge is -2.25. The summed E-state index contributed by atoms with van der Waals surface area (Å²) < 4.78 is 5.41. The molecule has 4 atom stereocenters. The van der Waals surface area contributed by atoms with E-state index in [9.17, 15) is 9.59 Å². The fraction of sp³-hybridized carbons (Fsp3) is 0.556. The molecule has 1 aromatic heterocycles. The summed E-state index contributed by atoms with van der Waals surface area (Å²) in [5.41, 5.74) is 3.30. The van der Waals surface area contributed by atoms with E-state index in [1.807, 2.05) is 36.9 Å². The number of nitrogens with one attached hydrogen (secondary N) is 1. The van der Waals surface area contributed by atoms with Crippen molar-refractivity contribution in [2.75, 3.05) is 45.9 Å². The van der Waals surface area contributed by atoms with Crippen molar-refractivity contribution in [3.8, 4) is 0 Å². The van der Waals surface area contributed by atoms with E-state index in [0.717, 1.165) is 62.5 Å². The zero-order chi connectivity index (χ0) is 24.4. The number of nitrogens with zero attached hydrogens (tertiary/aromatic N) is 4. The minimum atomic E-state index is -0.0434. The molecule has 2 aromatic rings. The first-order valence-corrected chi connectivity index (χ1v) is 12.7. The van der Waals surface area contributed by atoms with Crippen molar-refractivity contribution in [1.82, 2.24) is 25.1 Å². The van der Waals surface area contributed by atoms with E-state index >= 15 is 0 Å². The summed E-state index contributed by atoms with van der Waals surface area (Å²) in [4.78, 5) is 38.9. The van der Waals surface area contributed by atoms with Gasteiger partial charge in [-0.1, -0.05) is 30.3 Å². The van der Waals surface area contributed by atoms with Crippen LogP contribution in [0.3, 0.4) is 0 Å². The van der Waals surface area contributed by atoms with Crippen molar-refractivity contribution < 1.29 is 14.3 Å². The van der Waals surface area contributed by atoms with E-state index < -0.39 is 0 Å². The fourth-order valence-electron chi connectivity index (χ4n) is 5.85. The van der Waals surface area contributed by atoms with Gasteiger partial charge in [-0.05, 0) is 44.1 Å². The van der Waals surface area contributed by atoms with Crippen molar-refractivity contribution in [2.45, 2.75) is 32.7 Å². The van der Waals surface area contributed by atoms with Crippen LogP contribution in [0.2, 0.25) is 0 Å². The molecule has 186 valence electrons. The Labute approximate surface area is 207 Å². The van der Waals surface area contributed by atoms with Crippen LogP contribution >= 0.6 is 0 Å². The number of aryl methyl sites for hydroxylation is 2. The molecule has 0 radical (unpaired) electrons. The molecule has 0 saturated carbocycles. The van der Waals surface area contributed by atoms with Crippen LogP contribution in [-0.2, 0) is 9.53 Å². The number of ether oxygens (including phenoxy) is 1. The summed E-state index contributed by atoms with van der Waals surface area (Å²) in [7, 11) is 0. The van der Waals surface area contributed by atoms with E-state index in [-0.39, 0.29) is 23.8 Å². The van der Waals surface area contributed by atoms with E-state index in [1.54, 1.807) is 0 Å². The van der Waals surface area contributed by atoms with Crippen LogP contribution in [0.25, 0.3) is 0 Å². The third-order valence-electron chi connectivity index (χ3n) is 7.84. The molecular weight excluding hydrogens is 442 g/mol. The van der Waals surface area contributed by atoms with Gasteiger partial charge in [-0.25, -0.2) is 9.97 Å². The van der Waals surface area contributed by atoms with Gasteiger partial charge in [-0.15, -0.1) is 0 Å². The van der Waals surface area contributed by atoms with Gasteiger partial charge in [-0.2, -0.15) is 0 Å². The maximum absolute atomic E-state index is 13.2. The minimum Gasteiger partial charge on any atom is -0.381 e. The quantitative estimate of drug-likeness (QED) is 0.659. The van der Waals surface area contributed by atoms with E-state index in [1.165, 1.54) is 6.33 Å². The summed E-state index contributed by atoms with van der Waals surface area (Å²) in [6, 6.07) is 10.2. The number of rotatable bonds is 7. The fourth-order valence-corrected chi connectivity index (χ4v) is 5.85. The second-order valence-electron chi connectivity index (χ2n) is 10.2. The highest BCUT2D eigenvalue weighted by atomic mass is 16.5. The maximum atomic E-state index is 13.2. The second-order valence-corrected chi connectivity index (χ2v) is 10.2. The standard InChI is InChI=1S/C27H35N5O3/c1-18-25(19(2)29-17-28-18)27(34)32-14-22-12-31(13-23(22)15-32)10-8-24(20-6-4-3-5-7-20)30-26(33)21-9-11-35-16-21/h3-7,17,21-24H,8-16H2,1-2H3,(H,30,33)/t21?,22-,23?,24+/m0/s1. The van der Waals surface area contributed by atoms with Crippen molar-refractivity contribution in [2.24, 2.45) is 17.8 Å². The Balaban J connectivity index is 1.17. The lowest BCUT2D eigenvalue weighted by Crippen LogP contribution is -2.37. The zero-order valence-corrected chi connectivity index (χ0v) is 20.7. The first-order valence-electron chi connectivity index (χ1n) is 12.7. The number of benzene rings is 1. The Kier molecular flexibility index (Phi) is 7.11. The summed E-state index contributed by atoms with van der Waals surface area (Å²) >= 11 is 0. The molecule has 0 bridgehead atoms. The smallest absolute Gasteiger partial charge is 0.257 e. The molecule has 1 aromatic carbocycles. The van der Waals surface area contributed by atoms with Crippen LogP contribution in [0.5, 0.6) is 0 Å². The Hall–Kier alpha value is -2.84. The molecule has 8 nitrogen and oxygen atoms in total. The van der Waals surface area contributed by atoms with Crippen molar-refractivity contribution in [1.29, 1.82) is 0 Å². The van der Waals surface area contributed by atoms with Gasteiger partial charge in [0.1, 0.15) is 6.33 Å². The molecule has 5 rings (SSSR count). The van der Waals surface area contributed by atoms with E-state index in [4.69, 9.17) is 4.74 Å². The number of fused-ring (bicyclic) bond motifs is 1. The summed E-state index contributed by atoms with van der Waals surface area (Å²) in [5, 5.41) is 3.29. The topological polar surface area (TPSA) is 87.7 Å². The van der Waals surface area contributed by atoms with Crippen molar-refractivity contribution in [3.05, 3.63) is 59.2 Å². The number of amides is 2. The normalized spacial score (nSPS) is 25.0. The SMILES string of the molecule is Cc1ncnc(C)c1C(=O)N1CC2CN(CC[C@@H](NC(=O)C3CCOC3)c3ccccc3)C[C@H]2C1. The molecule has 3 saturated heterocycles. The Bertz CT molecular complexity index is 1020. The largest absolute Gasteiger partial charge is 0.381 e. The molecule has 8 heteroatoms. The molecule has 3 fully saturated rings. The van der Waals surface area contributed by atoms with Crippen LogP contribution in [0.1, 0.15) is 46.2 Å². The van der Waals surface area contributed by atoms with Crippen LogP contribution < -0.4 is 5.32 Å². The number of carbonyl (C=O) groups is 2. The number of aromatic nitrogens is 2.